The van der Waals surface area contributed by atoms with Gasteiger partial charge in [0.15, 0.2) is 0 Å². The zero-order valence-electron chi connectivity index (χ0n) is 10.7. The number of hydrogen-bond donors (Lipinski definition) is 1. The molecule has 1 aromatic carbocycles. The number of hydrogen-bond acceptors (Lipinski definition) is 4. The van der Waals surface area contributed by atoms with Crippen molar-refractivity contribution in [3.05, 3.63) is 30.1 Å². The molecule has 0 radical (unpaired) electrons. The van der Waals surface area contributed by atoms with Crippen molar-refractivity contribution in [3.8, 4) is 0 Å². The van der Waals surface area contributed by atoms with Crippen LogP contribution in [0.5, 0.6) is 0 Å². The van der Waals surface area contributed by atoms with Crippen molar-refractivity contribution < 1.29 is 19.4 Å². The monoisotopic (exact) mass is 264 g/mol. The standard InChI is InChI=1S/C13H16N2O4/c1-18-6-7-19-5-4-15-9-14-11-8-10(13(16)17)2-3-12(11)15/h2-3,8-9H,4-7H2,1H3,(H,16,17). The SMILES string of the molecule is COCCOCCn1cnc2cc(C(=O)O)ccc21. The summed E-state index contributed by atoms with van der Waals surface area (Å²) in [4.78, 5) is 15.1. The molecule has 6 heteroatoms. The van der Waals surface area contributed by atoms with Crippen molar-refractivity contribution in [1.82, 2.24) is 9.55 Å². The smallest absolute Gasteiger partial charge is 0.335 e. The molecule has 0 unspecified atom stereocenters. The molecule has 0 aliphatic carbocycles. The van der Waals surface area contributed by atoms with Gasteiger partial charge in [-0.1, -0.05) is 0 Å². The number of nitrogens with zero attached hydrogens (tertiary/aromatic N) is 2. The number of fused-ring (bicyclic) bond motifs is 1. The van der Waals surface area contributed by atoms with E-state index in [9.17, 15) is 4.79 Å². The lowest BCUT2D eigenvalue weighted by atomic mass is 10.2. The summed E-state index contributed by atoms with van der Waals surface area (Å²) in [7, 11) is 1.63. The second kappa shape index (κ2) is 6.31. The van der Waals surface area contributed by atoms with Crippen LogP contribution in [-0.2, 0) is 16.0 Å². The Bertz CT molecular complexity index is 565. The van der Waals surface area contributed by atoms with E-state index >= 15 is 0 Å². The molecule has 1 aromatic heterocycles. The summed E-state index contributed by atoms with van der Waals surface area (Å²) in [5.41, 5.74) is 1.83. The van der Waals surface area contributed by atoms with E-state index in [0.29, 0.717) is 31.9 Å². The van der Waals surface area contributed by atoms with E-state index in [2.05, 4.69) is 4.98 Å². The van der Waals surface area contributed by atoms with Crippen LogP contribution >= 0.6 is 0 Å². The Kier molecular flexibility index (Phi) is 4.48. The minimum Gasteiger partial charge on any atom is -0.478 e. The number of imidazole rings is 1. The third-order valence-corrected chi connectivity index (χ3v) is 2.78. The van der Waals surface area contributed by atoms with E-state index in [4.69, 9.17) is 14.6 Å². The minimum absolute atomic E-state index is 0.245. The predicted octanol–water partition coefficient (Wildman–Crippen LogP) is 1.40. The van der Waals surface area contributed by atoms with Crippen molar-refractivity contribution in [2.75, 3.05) is 26.9 Å². The van der Waals surface area contributed by atoms with Crippen molar-refractivity contribution in [2.45, 2.75) is 6.54 Å². The molecule has 0 spiro atoms. The van der Waals surface area contributed by atoms with E-state index < -0.39 is 5.97 Å². The summed E-state index contributed by atoms with van der Waals surface area (Å²) in [6, 6.07) is 4.91. The van der Waals surface area contributed by atoms with Crippen molar-refractivity contribution >= 4 is 17.0 Å². The van der Waals surface area contributed by atoms with E-state index in [1.807, 2.05) is 4.57 Å². The molecule has 0 fully saturated rings. The lowest BCUT2D eigenvalue weighted by molar-refractivity contribution is 0.0669. The van der Waals surface area contributed by atoms with Crippen LogP contribution in [0.2, 0.25) is 0 Å². The summed E-state index contributed by atoms with van der Waals surface area (Å²) in [6.07, 6.45) is 1.69. The molecule has 0 bridgehead atoms. The highest BCUT2D eigenvalue weighted by Gasteiger charge is 2.07. The van der Waals surface area contributed by atoms with Crippen molar-refractivity contribution in [3.63, 3.8) is 0 Å². The van der Waals surface area contributed by atoms with Crippen LogP contribution in [0.1, 0.15) is 10.4 Å². The van der Waals surface area contributed by atoms with Gasteiger partial charge >= 0.3 is 5.97 Å². The van der Waals surface area contributed by atoms with Gasteiger partial charge in [-0.2, -0.15) is 0 Å². The molecule has 2 aromatic rings. The predicted molar refractivity (Wildman–Crippen MR) is 69.4 cm³/mol. The van der Waals surface area contributed by atoms with Gasteiger partial charge < -0.3 is 19.1 Å². The molecule has 0 aliphatic rings. The molecular formula is C13H16N2O4. The molecule has 1 N–H and O–H groups in total. The maximum absolute atomic E-state index is 10.9. The summed E-state index contributed by atoms with van der Waals surface area (Å²) in [5, 5.41) is 8.91. The third kappa shape index (κ3) is 3.30. The molecule has 0 atom stereocenters. The molecule has 102 valence electrons. The molecule has 19 heavy (non-hydrogen) atoms. The Morgan fingerprint density at radius 1 is 1.37 bits per heavy atom. The van der Waals surface area contributed by atoms with Crippen LogP contribution in [0, 0.1) is 0 Å². The van der Waals surface area contributed by atoms with Crippen molar-refractivity contribution in [1.29, 1.82) is 0 Å². The first-order valence-corrected chi connectivity index (χ1v) is 5.97. The maximum atomic E-state index is 10.9. The lowest BCUT2D eigenvalue weighted by Gasteiger charge is -2.05. The molecule has 0 saturated carbocycles. The molecule has 6 nitrogen and oxygen atoms in total. The number of rotatable bonds is 7. The Balaban J connectivity index is 2.02. The van der Waals surface area contributed by atoms with Gasteiger partial charge in [0.1, 0.15) is 0 Å². The van der Waals surface area contributed by atoms with Crippen LogP contribution in [0.25, 0.3) is 11.0 Å². The van der Waals surface area contributed by atoms with Gasteiger partial charge in [0.25, 0.3) is 0 Å². The molecule has 2 rings (SSSR count). The Morgan fingerprint density at radius 3 is 2.95 bits per heavy atom. The number of carboxylic acid groups (broad SMARTS) is 1. The Hall–Kier alpha value is -1.92. The van der Waals surface area contributed by atoms with Gasteiger partial charge in [0, 0.05) is 13.7 Å². The van der Waals surface area contributed by atoms with Gasteiger partial charge in [-0.05, 0) is 18.2 Å². The van der Waals surface area contributed by atoms with Gasteiger partial charge in [-0.25, -0.2) is 9.78 Å². The quantitative estimate of drug-likeness (QED) is 0.765. The number of methoxy groups -OCH3 is 1. The summed E-state index contributed by atoms with van der Waals surface area (Å²) < 4.78 is 12.2. The highest BCUT2D eigenvalue weighted by Crippen LogP contribution is 2.15. The first-order valence-electron chi connectivity index (χ1n) is 5.97. The zero-order valence-corrected chi connectivity index (χ0v) is 10.7. The number of ether oxygens (including phenoxy) is 2. The zero-order chi connectivity index (χ0) is 13.7. The van der Waals surface area contributed by atoms with Crippen LogP contribution in [0.3, 0.4) is 0 Å². The first kappa shape index (κ1) is 13.5. The van der Waals surface area contributed by atoms with Gasteiger partial charge in [-0.3, -0.25) is 0 Å². The van der Waals surface area contributed by atoms with E-state index in [0.717, 1.165) is 5.52 Å². The molecule has 0 saturated heterocycles. The first-order chi connectivity index (χ1) is 9.22. The maximum Gasteiger partial charge on any atom is 0.335 e. The molecule has 1 heterocycles. The van der Waals surface area contributed by atoms with Gasteiger partial charge in [-0.15, -0.1) is 0 Å². The average molecular weight is 264 g/mol. The molecule has 0 aliphatic heterocycles. The normalized spacial score (nSPS) is 11.0. The number of benzene rings is 1. The second-order valence-corrected chi connectivity index (χ2v) is 4.05. The molecule has 0 amide bonds. The number of aromatic carboxylic acids is 1. The number of carboxylic acids is 1. The summed E-state index contributed by atoms with van der Waals surface area (Å²) in [5.74, 6) is -0.945. The topological polar surface area (TPSA) is 73.6 Å². The highest BCUT2D eigenvalue weighted by molar-refractivity contribution is 5.92. The fourth-order valence-electron chi connectivity index (χ4n) is 1.78. The third-order valence-electron chi connectivity index (χ3n) is 2.78. The summed E-state index contributed by atoms with van der Waals surface area (Å²) in [6.45, 7) is 2.38. The van der Waals surface area contributed by atoms with Crippen LogP contribution in [-0.4, -0.2) is 47.6 Å². The highest BCUT2D eigenvalue weighted by atomic mass is 16.5. The number of aromatic nitrogens is 2. The van der Waals surface area contributed by atoms with Gasteiger partial charge in [0.2, 0.25) is 0 Å². The fraction of sp³-hybridized carbons (Fsp3) is 0.385. The number of carbonyl (C=O) groups is 1. The minimum atomic E-state index is -0.945. The second-order valence-electron chi connectivity index (χ2n) is 4.05. The van der Waals surface area contributed by atoms with Crippen LogP contribution in [0.15, 0.2) is 24.5 Å². The Labute approximate surface area is 110 Å². The molecular weight excluding hydrogens is 248 g/mol. The van der Waals surface area contributed by atoms with Crippen LogP contribution in [0.4, 0.5) is 0 Å². The average Bonchev–Trinajstić information content (AvgIpc) is 2.81. The van der Waals surface area contributed by atoms with Gasteiger partial charge in [0.05, 0.1) is 42.7 Å². The Morgan fingerprint density at radius 2 is 2.21 bits per heavy atom. The largest absolute Gasteiger partial charge is 0.478 e. The van der Waals surface area contributed by atoms with Crippen molar-refractivity contribution in [2.24, 2.45) is 0 Å². The van der Waals surface area contributed by atoms with E-state index in [-0.39, 0.29) is 5.56 Å². The summed E-state index contributed by atoms with van der Waals surface area (Å²) >= 11 is 0. The lowest BCUT2D eigenvalue weighted by Crippen LogP contribution is -2.08. The van der Waals surface area contributed by atoms with E-state index in [1.54, 1.807) is 31.6 Å². The van der Waals surface area contributed by atoms with Crippen LogP contribution < -0.4 is 0 Å². The fourth-order valence-corrected chi connectivity index (χ4v) is 1.78. The van der Waals surface area contributed by atoms with E-state index in [1.165, 1.54) is 0 Å².